The van der Waals surface area contributed by atoms with E-state index in [9.17, 15) is 9.59 Å². The lowest BCUT2D eigenvalue weighted by molar-refractivity contribution is -0.126. The maximum Gasteiger partial charge on any atom is 0.321 e. The molecule has 2 atom stereocenters. The van der Waals surface area contributed by atoms with Gasteiger partial charge in [0.25, 0.3) is 0 Å². The second kappa shape index (κ2) is 11.3. The van der Waals surface area contributed by atoms with E-state index in [1.807, 2.05) is 41.8 Å². The molecule has 6 heteroatoms. The number of likely N-dealkylation sites (tertiary alicyclic amines) is 1. The standard InChI is InChI=1S/C28H33N3O2S/c1-3-20(2)21-11-13-22(14-12-21)26(25-10-7-19-34-25)30-27(32)23-15-17-31(18-16-23)28(33)29-24-8-5-4-6-9-24/h4-14,19-20,23,26H,3,15-18H2,1-2H3,(H,29,33)(H,30,32). The molecule has 5 nitrogen and oxygen atoms in total. The van der Waals surface area contributed by atoms with Crippen LogP contribution in [-0.2, 0) is 4.79 Å². The van der Waals surface area contributed by atoms with Crippen LogP contribution in [0.1, 0.15) is 61.1 Å². The first kappa shape index (κ1) is 24.0. The normalized spacial score (nSPS) is 16.0. The fourth-order valence-corrected chi connectivity index (χ4v) is 5.16. The minimum absolute atomic E-state index is 0.0625. The summed E-state index contributed by atoms with van der Waals surface area (Å²) in [6.07, 6.45) is 2.43. The Bertz CT molecular complexity index is 1060. The summed E-state index contributed by atoms with van der Waals surface area (Å²) in [5.74, 6) is 0.489. The summed E-state index contributed by atoms with van der Waals surface area (Å²) in [5.41, 5.74) is 3.21. The number of anilines is 1. The summed E-state index contributed by atoms with van der Waals surface area (Å²) in [5, 5.41) is 8.28. The first-order valence-corrected chi connectivity index (χ1v) is 13.0. The summed E-state index contributed by atoms with van der Waals surface area (Å²) in [6, 6.07) is 21.9. The monoisotopic (exact) mass is 475 g/mol. The van der Waals surface area contributed by atoms with Gasteiger partial charge in [0.1, 0.15) is 0 Å². The van der Waals surface area contributed by atoms with Crippen molar-refractivity contribution in [2.24, 2.45) is 5.92 Å². The molecule has 1 aliphatic rings. The van der Waals surface area contributed by atoms with Gasteiger partial charge in [-0.15, -0.1) is 11.3 Å². The largest absolute Gasteiger partial charge is 0.344 e. The van der Waals surface area contributed by atoms with E-state index < -0.39 is 0 Å². The highest BCUT2D eigenvalue weighted by molar-refractivity contribution is 7.10. The highest BCUT2D eigenvalue weighted by Gasteiger charge is 2.29. The number of hydrogen-bond acceptors (Lipinski definition) is 3. The Morgan fingerprint density at radius 2 is 1.65 bits per heavy atom. The summed E-state index contributed by atoms with van der Waals surface area (Å²) in [4.78, 5) is 28.7. The molecule has 4 rings (SSSR count). The van der Waals surface area contributed by atoms with Gasteiger partial charge in [-0.05, 0) is 59.9 Å². The van der Waals surface area contributed by atoms with Crippen molar-refractivity contribution in [1.29, 1.82) is 0 Å². The van der Waals surface area contributed by atoms with Gasteiger partial charge in [-0.2, -0.15) is 0 Å². The van der Waals surface area contributed by atoms with Crippen LogP contribution in [0.3, 0.4) is 0 Å². The summed E-state index contributed by atoms with van der Waals surface area (Å²) < 4.78 is 0. The number of benzene rings is 2. The molecule has 178 valence electrons. The fraction of sp³-hybridized carbons (Fsp3) is 0.357. The number of carbonyl (C=O) groups excluding carboxylic acids is 2. The minimum atomic E-state index is -0.155. The van der Waals surface area contributed by atoms with Crippen LogP contribution in [0.5, 0.6) is 0 Å². The first-order chi connectivity index (χ1) is 16.5. The Hall–Kier alpha value is -3.12. The predicted octanol–water partition coefficient (Wildman–Crippen LogP) is 6.41. The maximum absolute atomic E-state index is 13.2. The second-order valence-electron chi connectivity index (χ2n) is 8.99. The van der Waals surface area contributed by atoms with E-state index in [1.54, 1.807) is 16.2 Å². The Labute approximate surface area is 206 Å². The van der Waals surface area contributed by atoms with Crippen LogP contribution < -0.4 is 10.6 Å². The SMILES string of the molecule is CCC(C)c1ccc(C(NC(=O)C2CCN(C(=O)Nc3ccccc3)CC2)c2cccs2)cc1. The minimum Gasteiger partial charge on any atom is -0.344 e. The average molecular weight is 476 g/mol. The Morgan fingerprint density at radius 1 is 0.971 bits per heavy atom. The molecule has 2 heterocycles. The molecule has 0 bridgehead atoms. The number of rotatable bonds is 7. The average Bonchev–Trinajstić information content (AvgIpc) is 3.42. The lowest BCUT2D eigenvalue weighted by atomic mass is 9.93. The van der Waals surface area contributed by atoms with Crippen molar-refractivity contribution in [3.63, 3.8) is 0 Å². The van der Waals surface area contributed by atoms with Crippen LogP contribution in [0.2, 0.25) is 0 Å². The molecule has 34 heavy (non-hydrogen) atoms. The summed E-state index contributed by atoms with van der Waals surface area (Å²) in [6.45, 7) is 5.58. The zero-order valence-electron chi connectivity index (χ0n) is 19.9. The van der Waals surface area contributed by atoms with E-state index in [0.29, 0.717) is 31.8 Å². The molecule has 2 aromatic carbocycles. The van der Waals surface area contributed by atoms with E-state index >= 15 is 0 Å². The molecule has 0 radical (unpaired) electrons. The molecular formula is C28H33N3O2S. The third kappa shape index (κ3) is 5.86. The predicted molar refractivity (Wildman–Crippen MR) is 139 cm³/mol. The van der Waals surface area contributed by atoms with Crippen LogP contribution in [0.25, 0.3) is 0 Å². The third-order valence-corrected chi connectivity index (χ3v) is 7.68. The van der Waals surface area contributed by atoms with Crippen LogP contribution in [0.4, 0.5) is 10.5 Å². The van der Waals surface area contributed by atoms with Crippen molar-refractivity contribution in [2.75, 3.05) is 18.4 Å². The smallest absolute Gasteiger partial charge is 0.321 e. The van der Waals surface area contributed by atoms with E-state index in [2.05, 4.69) is 54.8 Å². The topological polar surface area (TPSA) is 61.4 Å². The highest BCUT2D eigenvalue weighted by Crippen LogP contribution is 2.29. The molecule has 2 unspecified atom stereocenters. The van der Waals surface area contributed by atoms with Crippen LogP contribution in [-0.4, -0.2) is 29.9 Å². The first-order valence-electron chi connectivity index (χ1n) is 12.1. The van der Waals surface area contributed by atoms with E-state index in [0.717, 1.165) is 22.5 Å². The molecule has 3 aromatic rings. The van der Waals surface area contributed by atoms with Crippen molar-refractivity contribution in [1.82, 2.24) is 10.2 Å². The Kier molecular flexibility index (Phi) is 8.01. The third-order valence-electron chi connectivity index (χ3n) is 6.74. The van der Waals surface area contributed by atoms with Crippen molar-refractivity contribution in [3.05, 3.63) is 88.1 Å². The molecule has 1 saturated heterocycles. The Morgan fingerprint density at radius 3 is 2.26 bits per heavy atom. The lowest BCUT2D eigenvalue weighted by Crippen LogP contribution is -2.45. The lowest BCUT2D eigenvalue weighted by Gasteiger charge is -2.32. The number of carbonyl (C=O) groups is 2. The number of hydrogen-bond donors (Lipinski definition) is 2. The van der Waals surface area contributed by atoms with Crippen LogP contribution in [0.15, 0.2) is 72.1 Å². The van der Waals surface area contributed by atoms with Crippen LogP contribution in [0, 0.1) is 5.92 Å². The number of para-hydroxylation sites is 1. The van der Waals surface area contributed by atoms with Gasteiger partial charge >= 0.3 is 6.03 Å². The van der Waals surface area contributed by atoms with Crippen molar-refractivity contribution in [3.8, 4) is 0 Å². The fourth-order valence-electron chi connectivity index (χ4n) is 4.36. The van der Waals surface area contributed by atoms with Gasteiger partial charge < -0.3 is 15.5 Å². The van der Waals surface area contributed by atoms with Gasteiger partial charge in [0, 0.05) is 29.6 Å². The molecule has 0 aliphatic carbocycles. The number of thiophene rings is 1. The van der Waals surface area contributed by atoms with Crippen molar-refractivity contribution in [2.45, 2.75) is 45.1 Å². The maximum atomic E-state index is 13.2. The molecule has 2 N–H and O–H groups in total. The molecule has 0 spiro atoms. The molecular weight excluding hydrogens is 442 g/mol. The quantitative estimate of drug-likeness (QED) is 0.415. The van der Waals surface area contributed by atoms with Crippen molar-refractivity contribution >= 4 is 29.0 Å². The zero-order valence-corrected chi connectivity index (χ0v) is 20.7. The highest BCUT2D eigenvalue weighted by atomic mass is 32.1. The van der Waals surface area contributed by atoms with Gasteiger partial charge in [0.05, 0.1) is 6.04 Å². The van der Waals surface area contributed by atoms with E-state index in [-0.39, 0.29) is 23.9 Å². The van der Waals surface area contributed by atoms with Gasteiger partial charge in [-0.25, -0.2) is 4.79 Å². The molecule has 1 aromatic heterocycles. The van der Waals surface area contributed by atoms with Gasteiger partial charge in [-0.1, -0.05) is 62.4 Å². The van der Waals surface area contributed by atoms with E-state index in [1.165, 1.54) is 5.56 Å². The number of piperidine rings is 1. The molecule has 3 amide bonds. The second-order valence-corrected chi connectivity index (χ2v) is 9.97. The molecule has 0 saturated carbocycles. The summed E-state index contributed by atoms with van der Waals surface area (Å²) >= 11 is 1.66. The number of urea groups is 1. The number of nitrogens with one attached hydrogen (secondary N) is 2. The van der Waals surface area contributed by atoms with Crippen LogP contribution >= 0.6 is 11.3 Å². The van der Waals surface area contributed by atoms with Gasteiger partial charge in [0.15, 0.2) is 0 Å². The van der Waals surface area contributed by atoms with Gasteiger partial charge in [-0.3, -0.25) is 4.79 Å². The zero-order chi connectivity index (χ0) is 23.9. The number of amides is 3. The molecule has 1 fully saturated rings. The Balaban J connectivity index is 1.37. The number of nitrogens with zero attached hydrogens (tertiary/aromatic N) is 1. The van der Waals surface area contributed by atoms with Crippen molar-refractivity contribution < 1.29 is 9.59 Å². The molecule has 1 aliphatic heterocycles. The van der Waals surface area contributed by atoms with E-state index in [4.69, 9.17) is 0 Å². The van der Waals surface area contributed by atoms with Gasteiger partial charge in [0.2, 0.25) is 5.91 Å². The summed E-state index contributed by atoms with van der Waals surface area (Å²) in [7, 11) is 0.